The lowest BCUT2D eigenvalue weighted by molar-refractivity contribution is -0.141. The van der Waals surface area contributed by atoms with Gasteiger partial charge >= 0.3 is 6.18 Å². The number of aromatic nitrogens is 1. The van der Waals surface area contributed by atoms with Crippen LogP contribution in [0.4, 0.5) is 18.3 Å². The Labute approximate surface area is 136 Å². The molecule has 5 nitrogen and oxygen atoms in total. The van der Waals surface area contributed by atoms with Gasteiger partial charge in [-0.15, -0.1) is 11.3 Å². The molecule has 0 N–H and O–H groups in total. The Morgan fingerprint density at radius 1 is 1.22 bits per heavy atom. The molecule has 0 aliphatic carbocycles. The Balaban J connectivity index is 1.55. The first-order valence-electron chi connectivity index (χ1n) is 7.59. The summed E-state index contributed by atoms with van der Waals surface area (Å²) < 4.78 is 43.1. The maximum absolute atomic E-state index is 12.6. The van der Waals surface area contributed by atoms with Crippen LogP contribution in [-0.4, -0.2) is 55.2 Å². The number of hydrogen-bond donors (Lipinski definition) is 0. The maximum atomic E-state index is 12.6. The number of carbonyl (C=O) groups is 1. The molecule has 3 rings (SSSR count). The molecule has 0 saturated carbocycles. The number of anilines is 1. The minimum Gasteiger partial charge on any atom is -0.378 e. The molecular formula is C14H18F3N3O2S. The Kier molecular flexibility index (Phi) is 4.77. The molecule has 1 aromatic heterocycles. The molecule has 2 aliphatic rings. The van der Waals surface area contributed by atoms with E-state index in [1.54, 1.807) is 0 Å². The van der Waals surface area contributed by atoms with Crippen molar-refractivity contribution in [2.24, 2.45) is 5.92 Å². The second-order valence-electron chi connectivity index (χ2n) is 5.71. The number of carbonyl (C=O) groups excluding carboxylic acids is 1. The molecule has 2 saturated heterocycles. The topological polar surface area (TPSA) is 45.7 Å². The molecule has 0 unspecified atom stereocenters. The van der Waals surface area contributed by atoms with E-state index in [1.807, 2.05) is 9.80 Å². The zero-order valence-corrected chi connectivity index (χ0v) is 13.3. The number of nitrogens with zero attached hydrogens (tertiary/aromatic N) is 3. The smallest absolute Gasteiger partial charge is 0.378 e. The molecule has 2 fully saturated rings. The quantitative estimate of drug-likeness (QED) is 0.822. The summed E-state index contributed by atoms with van der Waals surface area (Å²) >= 11 is 1.00. The Morgan fingerprint density at radius 2 is 1.87 bits per heavy atom. The van der Waals surface area contributed by atoms with E-state index in [0.29, 0.717) is 57.4 Å². The molecule has 0 atom stereocenters. The molecule has 1 aromatic rings. The van der Waals surface area contributed by atoms with Crippen molar-refractivity contribution in [3.63, 3.8) is 0 Å². The summed E-state index contributed by atoms with van der Waals surface area (Å²) in [6, 6.07) is 0. The van der Waals surface area contributed by atoms with Crippen LogP contribution in [0.5, 0.6) is 0 Å². The molecule has 1 amide bonds. The van der Waals surface area contributed by atoms with Gasteiger partial charge in [-0.1, -0.05) is 0 Å². The van der Waals surface area contributed by atoms with Gasteiger partial charge in [-0.2, -0.15) is 13.2 Å². The van der Waals surface area contributed by atoms with Crippen molar-refractivity contribution in [1.82, 2.24) is 9.88 Å². The number of amides is 1. The minimum absolute atomic E-state index is 0.0496. The van der Waals surface area contributed by atoms with Crippen LogP contribution in [0.25, 0.3) is 0 Å². The van der Waals surface area contributed by atoms with Gasteiger partial charge in [0.05, 0.1) is 13.2 Å². The highest BCUT2D eigenvalue weighted by Crippen LogP contribution is 2.34. The third-order valence-electron chi connectivity index (χ3n) is 4.22. The Bertz CT molecular complexity index is 550. The molecule has 3 heterocycles. The van der Waals surface area contributed by atoms with Crippen molar-refractivity contribution >= 4 is 22.4 Å². The summed E-state index contributed by atoms with van der Waals surface area (Å²) in [4.78, 5) is 19.8. The first-order chi connectivity index (χ1) is 10.9. The summed E-state index contributed by atoms with van der Waals surface area (Å²) in [5.74, 6) is 0.0921. The molecular weight excluding hydrogens is 331 g/mol. The molecule has 0 aromatic carbocycles. The van der Waals surface area contributed by atoms with Crippen LogP contribution in [0, 0.1) is 5.92 Å². The first kappa shape index (κ1) is 16.5. The van der Waals surface area contributed by atoms with Crippen LogP contribution < -0.4 is 4.90 Å². The number of halogens is 3. The van der Waals surface area contributed by atoms with E-state index in [0.717, 1.165) is 16.7 Å². The van der Waals surface area contributed by atoms with Crippen molar-refractivity contribution in [2.75, 3.05) is 44.3 Å². The fraction of sp³-hybridized carbons (Fsp3) is 0.714. The van der Waals surface area contributed by atoms with E-state index in [4.69, 9.17) is 4.74 Å². The molecule has 9 heteroatoms. The number of ether oxygens (including phenoxy) is 1. The standard InChI is InChI=1S/C14H18F3N3O2S/c15-14(16,17)11-9-23-13(18-11)20-3-1-10(2-4-20)12(21)19-5-7-22-8-6-19/h9-10H,1-8H2. The zero-order valence-electron chi connectivity index (χ0n) is 12.5. The average molecular weight is 349 g/mol. The van der Waals surface area contributed by atoms with Gasteiger partial charge in [0.15, 0.2) is 10.8 Å². The van der Waals surface area contributed by atoms with Crippen LogP contribution in [-0.2, 0) is 15.7 Å². The lowest BCUT2D eigenvalue weighted by Gasteiger charge is -2.35. The summed E-state index contributed by atoms with van der Waals surface area (Å²) in [5, 5.41) is 1.43. The van der Waals surface area contributed by atoms with Crippen LogP contribution in [0.2, 0.25) is 0 Å². The minimum atomic E-state index is -4.40. The van der Waals surface area contributed by atoms with Crippen LogP contribution in [0.15, 0.2) is 5.38 Å². The van der Waals surface area contributed by atoms with E-state index < -0.39 is 11.9 Å². The number of thiazole rings is 1. The van der Waals surface area contributed by atoms with Gasteiger partial charge in [0, 0.05) is 37.5 Å². The predicted molar refractivity (Wildman–Crippen MR) is 79.5 cm³/mol. The van der Waals surface area contributed by atoms with Crippen molar-refractivity contribution in [1.29, 1.82) is 0 Å². The zero-order chi connectivity index (χ0) is 16.4. The second-order valence-corrected chi connectivity index (χ2v) is 6.55. The van der Waals surface area contributed by atoms with Crippen molar-refractivity contribution in [3.05, 3.63) is 11.1 Å². The van der Waals surface area contributed by atoms with Gasteiger partial charge in [0.2, 0.25) is 5.91 Å². The summed E-state index contributed by atoms with van der Waals surface area (Å²) in [6.07, 6.45) is -3.10. The number of hydrogen-bond acceptors (Lipinski definition) is 5. The summed E-state index contributed by atoms with van der Waals surface area (Å²) in [6.45, 7) is 3.52. The van der Waals surface area contributed by atoms with Crippen LogP contribution in [0.3, 0.4) is 0 Å². The molecule has 0 radical (unpaired) electrons. The number of piperidine rings is 1. The van der Waals surface area contributed by atoms with Crippen LogP contribution >= 0.6 is 11.3 Å². The Hall–Kier alpha value is -1.35. The van der Waals surface area contributed by atoms with E-state index >= 15 is 0 Å². The number of rotatable bonds is 2. The van der Waals surface area contributed by atoms with E-state index in [2.05, 4.69) is 4.98 Å². The molecule has 23 heavy (non-hydrogen) atoms. The average Bonchev–Trinajstić information content (AvgIpc) is 3.05. The molecule has 2 aliphatic heterocycles. The van der Waals surface area contributed by atoms with Gasteiger partial charge in [0.25, 0.3) is 0 Å². The second kappa shape index (κ2) is 6.64. The highest BCUT2D eigenvalue weighted by atomic mass is 32.1. The molecule has 128 valence electrons. The van der Waals surface area contributed by atoms with E-state index in [1.165, 1.54) is 0 Å². The number of morpholine rings is 1. The normalized spacial score (nSPS) is 20.8. The van der Waals surface area contributed by atoms with Crippen LogP contribution in [0.1, 0.15) is 18.5 Å². The van der Waals surface area contributed by atoms with Gasteiger partial charge in [-0.05, 0) is 12.8 Å². The third kappa shape index (κ3) is 3.77. The third-order valence-corrected chi connectivity index (χ3v) is 5.12. The molecule has 0 bridgehead atoms. The SMILES string of the molecule is O=C(C1CCN(c2nc(C(F)(F)F)cs2)CC1)N1CCOCC1. The fourth-order valence-corrected chi connectivity index (χ4v) is 3.79. The first-order valence-corrected chi connectivity index (χ1v) is 8.47. The molecule has 0 spiro atoms. The fourth-order valence-electron chi connectivity index (χ4n) is 2.90. The van der Waals surface area contributed by atoms with Gasteiger partial charge in [0.1, 0.15) is 0 Å². The van der Waals surface area contributed by atoms with Gasteiger partial charge in [-0.3, -0.25) is 4.79 Å². The maximum Gasteiger partial charge on any atom is 0.434 e. The monoisotopic (exact) mass is 349 g/mol. The summed E-state index contributed by atoms with van der Waals surface area (Å²) in [7, 11) is 0. The van der Waals surface area contributed by atoms with Gasteiger partial charge in [-0.25, -0.2) is 4.98 Å². The summed E-state index contributed by atoms with van der Waals surface area (Å²) in [5.41, 5.74) is -0.844. The van der Waals surface area contributed by atoms with Gasteiger partial charge < -0.3 is 14.5 Å². The highest BCUT2D eigenvalue weighted by Gasteiger charge is 2.35. The van der Waals surface area contributed by atoms with E-state index in [-0.39, 0.29) is 11.8 Å². The van der Waals surface area contributed by atoms with Crippen molar-refractivity contribution < 1.29 is 22.7 Å². The van der Waals surface area contributed by atoms with E-state index in [9.17, 15) is 18.0 Å². The Morgan fingerprint density at radius 3 is 2.43 bits per heavy atom. The van der Waals surface area contributed by atoms with Crippen molar-refractivity contribution in [2.45, 2.75) is 19.0 Å². The predicted octanol–water partition coefficient (Wildman–Crippen LogP) is 2.24. The number of alkyl halides is 3. The van der Waals surface area contributed by atoms with Crippen molar-refractivity contribution in [3.8, 4) is 0 Å². The largest absolute Gasteiger partial charge is 0.434 e. The lowest BCUT2D eigenvalue weighted by Crippen LogP contribution is -2.46. The highest BCUT2D eigenvalue weighted by molar-refractivity contribution is 7.13. The lowest BCUT2D eigenvalue weighted by atomic mass is 9.95.